The highest BCUT2D eigenvalue weighted by atomic mass is 16.5. The molecular formula is C16H20N2O2. The third kappa shape index (κ3) is 4.09. The summed E-state index contributed by atoms with van der Waals surface area (Å²) in [5.74, 6) is 5.59. The zero-order valence-corrected chi connectivity index (χ0v) is 11.5. The average Bonchev–Trinajstić information content (AvgIpc) is 2.52. The molecule has 1 unspecified atom stereocenters. The standard InChI is InChI=1S/C16H20N2O2/c17-10-5-7-13-6-1-2-9-15(13)16(19)18-12-14-8-3-4-11-20-14/h1-2,6,9,14H,3-4,8,10-12,17H2,(H,18,19). The number of ether oxygens (including phenoxy) is 1. The molecule has 1 amide bonds. The summed E-state index contributed by atoms with van der Waals surface area (Å²) in [7, 11) is 0. The van der Waals surface area contributed by atoms with E-state index < -0.39 is 0 Å². The van der Waals surface area contributed by atoms with Crippen LogP contribution in [-0.2, 0) is 4.74 Å². The quantitative estimate of drug-likeness (QED) is 0.815. The summed E-state index contributed by atoms with van der Waals surface area (Å²) >= 11 is 0. The van der Waals surface area contributed by atoms with Crippen molar-refractivity contribution >= 4 is 5.91 Å². The van der Waals surface area contributed by atoms with Crippen LogP contribution in [0, 0.1) is 11.8 Å². The van der Waals surface area contributed by atoms with Crippen LogP contribution in [0.2, 0.25) is 0 Å². The van der Waals surface area contributed by atoms with Gasteiger partial charge in [-0.3, -0.25) is 4.79 Å². The lowest BCUT2D eigenvalue weighted by Crippen LogP contribution is -2.35. The van der Waals surface area contributed by atoms with Gasteiger partial charge in [0.25, 0.3) is 5.91 Å². The van der Waals surface area contributed by atoms with Crippen molar-refractivity contribution < 1.29 is 9.53 Å². The van der Waals surface area contributed by atoms with E-state index >= 15 is 0 Å². The zero-order valence-electron chi connectivity index (χ0n) is 11.5. The monoisotopic (exact) mass is 272 g/mol. The molecule has 1 saturated heterocycles. The van der Waals surface area contributed by atoms with Gasteiger partial charge in [0, 0.05) is 18.7 Å². The van der Waals surface area contributed by atoms with E-state index in [0.717, 1.165) is 19.4 Å². The molecule has 0 saturated carbocycles. The molecule has 0 bridgehead atoms. The molecule has 1 aliphatic rings. The van der Waals surface area contributed by atoms with Gasteiger partial charge < -0.3 is 15.8 Å². The maximum Gasteiger partial charge on any atom is 0.252 e. The van der Waals surface area contributed by atoms with Gasteiger partial charge in [0.1, 0.15) is 0 Å². The molecule has 0 spiro atoms. The van der Waals surface area contributed by atoms with Gasteiger partial charge in [-0.15, -0.1) is 0 Å². The molecule has 1 fully saturated rings. The first-order chi connectivity index (χ1) is 9.81. The molecule has 0 aromatic heterocycles. The summed E-state index contributed by atoms with van der Waals surface area (Å²) in [6, 6.07) is 7.30. The summed E-state index contributed by atoms with van der Waals surface area (Å²) in [5, 5.41) is 2.92. The molecular weight excluding hydrogens is 252 g/mol. The first kappa shape index (κ1) is 14.6. The molecule has 3 N–H and O–H groups in total. The van der Waals surface area contributed by atoms with Crippen molar-refractivity contribution in [3.63, 3.8) is 0 Å². The fourth-order valence-electron chi connectivity index (χ4n) is 2.21. The minimum Gasteiger partial charge on any atom is -0.376 e. The molecule has 1 aromatic rings. The number of hydrogen-bond donors (Lipinski definition) is 2. The Morgan fingerprint density at radius 2 is 2.25 bits per heavy atom. The summed E-state index contributed by atoms with van der Waals surface area (Å²) in [6.07, 6.45) is 3.42. The molecule has 4 heteroatoms. The van der Waals surface area contributed by atoms with Gasteiger partial charge in [0.2, 0.25) is 0 Å². The zero-order chi connectivity index (χ0) is 14.2. The van der Waals surface area contributed by atoms with Gasteiger partial charge in [0.15, 0.2) is 0 Å². The van der Waals surface area contributed by atoms with E-state index in [1.54, 1.807) is 6.07 Å². The summed E-state index contributed by atoms with van der Waals surface area (Å²) < 4.78 is 5.60. The van der Waals surface area contributed by atoms with Gasteiger partial charge in [-0.05, 0) is 31.4 Å². The fraction of sp³-hybridized carbons (Fsp3) is 0.438. The van der Waals surface area contributed by atoms with E-state index in [1.165, 1.54) is 6.42 Å². The maximum atomic E-state index is 12.2. The Morgan fingerprint density at radius 1 is 1.40 bits per heavy atom. The van der Waals surface area contributed by atoms with Crippen LogP contribution < -0.4 is 11.1 Å². The highest BCUT2D eigenvalue weighted by Crippen LogP contribution is 2.12. The summed E-state index contributed by atoms with van der Waals surface area (Å²) in [4.78, 5) is 12.2. The molecule has 1 aromatic carbocycles. The first-order valence-electron chi connectivity index (χ1n) is 6.99. The van der Waals surface area contributed by atoms with E-state index in [0.29, 0.717) is 17.7 Å². The van der Waals surface area contributed by atoms with Crippen molar-refractivity contribution in [2.24, 2.45) is 5.73 Å². The molecule has 106 valence electrons. The van der Waals surface area contributed by atoms with Gasteiger partial charge in [-0.1, -0.05) is 24.0 Å². The summed E-state index contributed by atoms with van der Waals surface area (Å²) in [5.41, 5.74) is 6.66. The Hall–Kier alpha value is -1.83. The maximum absolute atomic E-state index is 12.2. The predicted octanol–water partition coefficient (Wildman–Crippen LogP) is 1.30. The molecule has 4 nitrogen and oxygen atoms in total. The molecule has 2 rings (SSSR count). The number of nitrogens with two attached hydrogens (primary N) is 1. The molecule has 1 atom stereocenters. The molecule has 0 aliphatic carbocycles. The van der Waals surface area contributed by atoms with Crippen molar-refractivity contribution in [1.29, 1.82) is 0 Å². The summed E-state index contributed by atoms with van der Waals surface area (Å²) in [6.45, 7) is 1.63. The van der Waals surface area contributed by atoms with E-state index in [1.807, 2.05) is 18.2 Å². The Kier molecular flexibility index (Phi) is 5.60. The van der Waals surface area contributed by atoms with E-state index in [2.05, 4.69) is 17.2 Å². The molecule has 1 aliphatic heterocycles. The number of rotatable bonds is 3. The lowest BCUT2D eigenvalue weighted by molar-refractivity contribution is 0.0169. The smallest absolute Gasteiger partial charge is 0.252 e. The number of amides is 1. The Morgan fingerprint density at radius 3 is 3.00 bits per heavy atom. The third-order valence-corrected chi connectivity index (χ3v) is 3.26. The van der Waals surface area contributed by atoms with Crippen LogP contribution in [0.15, 0.2) is 24.3 Å². The first-order valence-corrected chi connectivity index (χ1v) is 6.99. The van der Waals surface area contributed by atoms with Crippen LogP contribution in [0.25, 0.3) is 0 Å². The van der Waals surface area contributed by atoms with Crippen molar-refractivity contribution in [2.75, 3.05) is 19.7 Å². The van der Waals surface area contributed by atoms with Gasteiger partial charge in [-0.25, -0.2) is 0 Å². The lowest BCUT2D eigenvalue weighted by atomic mass is 10.1. The fourth-order valence-corrected chi connectivity index (χ4v) is 2.21. The molecule has 0 radical (unpaired) electrons. The topological polar surface area (TPSA) is 64.4 Å². The third-order valence-electron chi connectivity index (χ3n) is 3.26. The van der Waals surface area contributed by atoms with Crippen molar-refractivity contribution in [3.05, 3.63) is 35.4 Å². The number of carbonyl (C=O) groups excluding carboxylic acids is 1. The van der Waals surface area contributed by atoms with Crippen molar-refractivity contribution in [2.45, 2.75) is 25.4 Å². The lowest BCUT2D eigenvalue weighted by Gasteiger charge is -2.22. The van der Waals surface area contributed by atoms with Crippen molar-refractivity contribution in [3.8, 4) is 11.8 Å². The van der Waals surface area contributed by atoms with Crippen molar-refractivity contribution in [1.82, 2.24) is 5.32 Å². The van der Waals surface area contributed by atoms with Gasteiger partial charge >= 0.3 is 0 Å². The second-order valence-corrected chi connectivity index (χ2v) is 4.75. The predicted molar refractivity (Wildman–Crippen MR) is 78.3 cm³/mol. The minimum atomic E-state index is -0.110. The number of hydrogen-bond acceptors (Lipinski definition) is 3. The number of nitrogens with one attached hydrogen (secondary N) is 1. The van der Waals surface area contributed by atoms with Gasteiger partial charge in [-0.2, -0.15) is 0 Å². The molecule has 20 heavy (non-hydrogen) atoms. The van der Waals surface area contributed by atoms with Crippen LogP contribution in [0.5, 0.6) is 0 Å². The Balaban J connectivity index is 1.97. The normalized spacial score (nSPS) is 17.9. The van der Waals surface area contributed by atoms with Crippen LogP contribution in [0.3, 0.4) is 0 Å². The Bertz CT molecular complexity index is 511. The van der Waals surface area contributed by atoms with Crippen LogP contribution >= 0.6 is 0 Å². The highest BCUT2D eigenvalue weighted by molar-refractivity contribution is 5.96. The van der Waals surface area contributed by atoms with Crippen LogP contribution in [-0.4, -0.2) is 31.7 Å². The second-order valence-electron chi connectivity index (χ2n) is 4.75. The largest absolute Gasteiger partial charge is 0.376 e. The average molecular weight is 272 g/mol. The number of benzene rings is 1. The Labute approximate surface area is 119 Å². The molecule has 1 heterocycles. The number of carbonyl (C=O) groups is 1. The van der Waals surface area contributed by atoms with E-state index in [9.17, 15) is 4.79 Å². The SMILES string of the molecule is NCC#Cc1ccccc1C(=O)NCC1CCCCO1. The van der Waals surface area contributed by atoms with Gasteiger partial charge in [0.05, 0.1) is 18.2 Å². The van der Waals surface area contributed by atoms with E-state index in [-0.39, 0.29) is 18.6 Å². The highest BCUT2D eigenvalue weighted by Gasteiger charge is 2.16. The van der Waals surface area contributed by atoms with Crippen LogP contribution in [0.4, 0.5) is 0 Å². The minimum absolute atomic E-state index is 0.110. The van der Waals surface area contributed by atoms with Crippen LogP contribution in [0.1, 0.15) is 35.2 Å². The van der Waals surface area contributed by atoms with E-state index in [4.69, 9.17) is 10.5 Å². The second kappa shape index (κ2) is 7.68.